The highest BCUT2D eigenvalue weighted by Crippen LogP contribution is 2.31. The number of nitrogens with one attached hydrogen (secondary N) is 2. The molecule has 0 spiro atoms. The van der Waals surface area contributed by atoms with Gasteiger partial charge < -0.3 is 10.2 Å². The van der Waals surface area contributed by atoms with Gasteiger partial charge in [0.05, 0.1) is 29.9 Å². The van der Waals surface area contributed by atoms with E-state index in [1.807, 2.05) is 12.1 Å². The number of hydrogen-bond donors (Lipinski definition) is 2. The molecule has 1 fully saturated rings. The maximum atomic E-state index is 13.6. The van der Waals surface area contributed by atoms with E-state index in [2.05, 4.69) is 30.5 Å². The number of hydrogen-bond acceptors (Lipinski definition) is 5. The highest BCUT2D eigenvalue weighted by molar-refractivity contribution is 6.31. The van der Waals surface area contributed by atoms with Crippen molar-refractivity contribution in [1.82, 2.24) is 30.3 Å². The number of carbonyl (C=O) groups is 1. The molecule has 3 aromatic heterocycles. The molecule has 182 valence electrons. The van der Waals surface area contributed by atoms with Crippen molar-refractivity contribution in [2.75, 3.05) is 18.0 Å². The topological polar surface area (TPSA) is 91.7 Å². The molecule has 8 nitrogen and oxygen atoms in total. The van der Waals surface area contributed by atoms with E-state index in [4.69, 9.17) is 11.6 Å². The quantitative estimate of drug-likeness (QED) is 0.407. The molecule has 12 heteroatoms. The molecule has 0 aliphatic carbocycles. The van der Waals surface area contributed by atoms with Gasteiger partial charge in [-0.25, -0.2) is 4.98 Å². The molecular weight excluding hydrogens is 483 g/mol. The Kier molecular flexibility index (Phi) is 6.10. The Balaban J connectivity index is 1.33. The number of rotatable bonds is 6. The van der Waals surface area contributed by atoms with E-state index >= 15 is 0 Å². The van der Waals surface area contributed by atoms with Crippen LogP contribution in [0, 0.1) is 0 Å². The number of halogens is 4. The van der Waals surface area contributed by atoms with Crippen molar-refractivity contribution in [3.8, 4) is 0 Å². The first-order valence-corrected chi connectivity index (χ1v) is 11.4. The van der Waals surface area contributed by atoms with Crippen LogP contribution >= 0.6 is 11.6 Å². The summed E-state index contributed by atoms with van der Waals surface area (Å²) in [5, 5.41) is 14.2. The van der Waals surface area contributed by atoms with Gasteiger partial charge in [0.2, 0.25) is 0 Å². The van der Waals surface area contributed by atoms with Crippen LogP contribution in [0.25, 0.3) is 10.9 Å². The molecule has 0 atom stereocenters. The summed E-state index contributed by atoms with van der Waals surface area (Å²) < 4.78 is 42.1. The van der Waals surface area contributed by atoms with Gasteiger partial charge in [0, 0.05) is 35.9 Å². The van der Waals surface area contributed by atoms with Crippen LogP contribution in [0.2, 0.25) is 5.02 Å². The molecule has 0 bridgehead atoms. The predicted octanol–water partition coefficient (Wildman–Crippen LogP) is 4.41. The Hall–Kier alpha value is -3.60. The van der Waals surface area contributed by atoms with Crippen molar-refractivity contribution < 1.29 is 18.0 Å². The van der Waals surface area contributed by atoms with Gasteiger partial charge in [-0.3, -0.25) is 14.6 Å². The number of anilines is 1. The average Bonchev–Trinajstić information content (AvgIpc) is 3.58. The Morgan fingerprint density at radius 1 is 1.17 bits per heavy atom. The molecule has 4 heterocycles. The molecule has 1 aliphatic rings. The summed E-state index contributed by atoms with van der Waals surface area (Å²) >= 11 is 6.02. The van der Waals surface area contributed by atoms with E-state index in [1.165, 1.54) is 0 Å². The minimum atomic E-state index is -4.79. The minimum absolute atomic E-state index is 0.0489. The van der Waals surface area contributed by atoms with Gasteiger partial charge in [0.25, 0.3) is 5.91 Å². The Morgan fingerprint density at radius 3 is 2.69 bits per heavy atom. The molecule has 0 unspecified atom stereocenters. The summed E-state index contributed by atoms with van der Waals surface area (Å²) in [5.41, 5.74) is 0.0415. The largest absolute Gasteiger partial charge is 0.435 e. The van der Waals surface area contributed by atoms with Gasteiger partial charge in [-0.15, -0.1) is 0 Å². The predicted molar refractivity (Wildman–Crippen MR) is 124 cm³/mol. The highest BCUT2D eigenvalue weighted by atomic mass is 35.5. The maximum absolute atomic E-state index is 13.6. The summed E-state index contributed by atoms with van der Waals surface area (Å²) in [7, 11) is 0. The molecule has 1 saturated heterocycles. The summed E-state index contributed by atoms with van der Waals surface area (Å²) in [6.45, 7) is 1.88. The first-order chi connectivity index (χ1) is 16.8. The Bertz CT molecular complexity index is 1360. The number of fused-ring (bicyclic) bond motifs is 1. The van der Waals surface area contributed by atoms with Crippen molar-refractivity contribution in [2.24, 2.45) is 0 Å². The second-order valence-electron chi connectivity index (χ2n) is 8.35. The number of alkyl halides is 3. The zero-order chi connectivity index (χ0) is 24.6. The fourth-order valence-corrected chi connectivity index (χ4v) is 4.31. The van der Waals surface area contributed by atoms with Crippen molar-refractivity contribution in [2.45, 2.75) is 32.1 Å². The second kappa shape index (κ2) is 9.21. The molecule has 0 radical (unpaired) electrons. The summed E-state index contributed by atoms with van der Waals surface area (Å²) in [6.07, 6.45) is 0.174. The smallest absolute Gasteiger partial charge is 0.357 e. The lowest BCUT2D eigenvalue weighted by atomic mass is 10.2. The Labute approximate surface area is 203 Å². The second-order valence-corrected chi connectivity index (χ2v) is 8.79. The van der Waals surface area contributed by atoms with Gasteiger partial charge in [0.1, 0.15) is 5.82 Å². The van der Waals surface area contributed by atoms with Crippen LogP contribution in [0.4, 0.5) is 19.0 Å². The van der Waals surface area contributed by atoms with Gasteiger partial charge in [-0.2, -0.15) is 23.4 Å². The number of nitrogens with zero attached hydrogens (tertiary/aromatic N) is 5. The van der Waals surface area contributed by atoms with E-state index < -0.39 is 23.3 Å². The standard InChI is InChI=1S/C23H21ClF3N7O/c24-15-4-5-18-16(9-15)19(31-30-18)11-29-22(35)17-13-34(32-21(17)23(25,26)27)12-14-3-6-20(28-10-14)33-7-1-2-8-33/h3-6,9-10,13H,1-2,7-8,11-12H2,(H,29,35)(H,30,31). The maximum Gasteiger partial charge on any atom is 0.435 e. The molecule has 2 N–H and O–H groups in total. The normalized spacial score (nSPS) is 14.1. The van der Waals surface area contributed by atoms with Crippen molar-refractivity contribution >= 4 is 34.2 Å². The number of H-pyrrole nitrogens is 1. The number of pyridine rings is 1. The number of benzene rings is 1. The summed E-state index contributed by atoms with van der Waals surface area (Å²) in [4.78, 5) is 19.3. The minimum Gasteiger partial charge on any atom is -0.357 e. The van der Waals surface area contributed by atoms with Gasteiger partial charge >= 0.3 is 6.18 Å². The van der Waals surface area contributed by atoms with Crippen LogP contribution < -0.4 is 10.2 Å². The van der Waals surface area contributed by atoms with Crippen LogP contribution in [-0.2, 0) is 19.3 Å². The SMILES string of the molecule is O=C(NCc1[nH]nc2ccc(Cl)cc12)c1cn(Cc2ccc(N3CCCC3)nc2)nc1C(F)(F)F. The van der Waals surface area contributed by atoms with E-state index in [0.717, 1.165) is 42.6 Å². The molecule has 1 amide bonds. The number of aromatic nitrogens is 5. The lowest BCUT2D eigenvalue weighted by Crippen LogP contribution is -2.25. The molecule has 1 aromatic carbocycles. The van der Waals surface area contributed by atoms with E-state index in [0.29, 0.717) is 27.2 Å². The lowest BCUT2D eigenvalue weighted by Gasteiger charge is -2.16. The molecular formula is C23H21ClF3N7O. The van der Waals surface area contributed by atoms with Crippen molar-refractivity contribution in [1.29, 1.82) is 0 Å². The first-order valence-electron chi connectivity index (χ1n) is 11.0. The number of aromatic amines is 1. The van der Waals surface area contributed by atoms with E-state index in [9.17, 15) is 18.0 Å². The Morgan fingerprint density at radius 2 is 1.97 bits per heavy atom. The van der Waals surface area contributed by atoms with E-state index in [1.54, 1.807) is 24.4 Å². The molecule has 35 heavy (non-hydrogen) atoms. The highest BCUT2D eigenvalue weighted by Gasteiger charge is 2.39. The van der Waals surface area contributed by atoms with Crippen molar-refractivity contribution in [3.05, 3.63) is 70.3 Å². The first kappa shape index (κ1) is 23.2. The molecule has 1 aliphatic heterocycles. The fourth-order valence-electron chi connectivity index (χ4n) is 4.14. The lowest BCUT2D eigenvalue weighted by molar-refractivity contribution is -0.141. The number of amides is 1. The molecule has 4 aromatic rings. The van der Waals surface area contributed by atoms with Crippen LogP contribution in [0.15, 0.2) is 42.7 Å². The number of carbonyl (C=O) groups excluding carboxylic acids is 1. The van der Waals surface area contributed by atoms with Crippen LogP contribution in [0.3, 0.4) is 0 Å². The monoisotopic (exact) mass is 503 g/mol. The molecule has 5 rings (SSSR count). The summed E-state index contributed by atoms with van der Waals surface area (Å²) in [5.74, 6) is -0.0498. The van der Waals surface area contributed by atoms with Gasteiger partial charge in [-0.05, 0) is 42.7 Å². The average molecular weight is 504 g/mol. The van der Waals surface area contributed by atoms with Crippen molar-refractivity contribution in [3.63, 3.8) is 0 Å². The fraction of sp³-hybridized carbons (Fsp3) is 0.304. The molecule has 0 saturated carbocycles. The van der Waals surface area contributed by atoms with E-state index in [-0.39, 0.29) is 13.1 Å². The third kappa shape index (κ3) is 4.95. The zero-order valence-electron chi connectivity index (χ0n) is 18.4. The third-order valence-electron chi connectivity index (χ3n) is 5.88. The van der Waals surface area contributed by atoms with Crippen LogP contribution in [0.5, 0.6) is 0 Å². The summed E-state index contributed by atoms with van der Waals surface area (Å²) in [6, 6.07) is 8.71. The zero-order valence-corrected chi connectivity index (χ0v) is 19.2. The third-order valence-corrected chi connectivity index (χ3v) is 6.11. The van der Waals surface area contributed by atoms with Gasteiger partial charge in [-0.1, -0.05) is 17.7 Å². The van der Waals surface area contributed by atoms with Crippen LogP contribution in [-0.4, -0.2) is 44.0 Å². The van der Waals surface area contributed by atoms with Crippen LogP contribution in [0.1, 0.15) is 40.2 Å². The van der Waals surface area contributed by atoms with Gasteiger partial charge in [0.15, 0.2) is 5.69 Å².